The maximum Gasteiger partial charge on any atom is 0.157 e. The van der Waals surface area contributed by atoms with Gasteiger partial charge in [-0.15, -0.1) is 11.3 Å². The van der Waals surface area contributed by atoms with Crippen molar-refractivity contribution >= 4 is 37.2 Å². The quantitative estimate of drug-likeness (QED) is 0.659. The van der Waals surface area contributed by atoms with Crippen LogP contribution in [-0.2, 0) is 22.7 Å². The lowest BCUT2D eigenvalue weighted by molar-refractivity contribution is 0.589. The number of sulfone groups is 1. The van der Waals surface area contributed by atoms with Crippen LogP contribution in [0, 0.1) is 0 Å². The minimum Gasteiger partial charge on any atom is -0.308 e. The zero-order chi connectivity index (χ0) is 14.5. The normalized spacial score (nSPS) is 16.4. The molecule has 108 valence electrons. The molecule has 1 aliphatic carbocycles. The summed E-state index contributed by atoms with van der Waals surface area (Å²) in [5.74, 6) is 6.39. The van der Waals surface area contributed by atoms with Crippen LogP contribution >= 0.6 is 11.3 Å². The zero-order valence-electron chi connectivity index (χ0n) is 11.3. The van der Waals surface area contributed by atoms with Gasteiger partial charge in [-0.2, -0.15) is 0 Å². The highest BCUT2D eigenvalue weighted by Gasteiger charge is 2.26. The molecule has 2 aromatic heterocycles. The van der Waals surface area contributed by atoms with Gasteiger partial charge >= 0.3 is 0 Å². The molecule has 3 rings (SSSR count). The van der Waals surface area contributed by atoms with E-state index in [4.69, 9.17) is 5.84 Å². The van der Waals surface area contributed by atoms with E-state index in [9.17, 15) is 8.42 Å². The Bertz CT molecular complexity index is 782. The van der Waals surface area contributed by atoms with Gasteiger partial charge in [-0.05, 0) is 31.7 Å². The second kappa shape index (κ2) is 4.64. The Morgan fingerprint density at radius 1 is 1.35 bits per heavy atom. The molecule has 1 aliphatic rings. The Labute approximate surface area is 121 Å². The first-order valence-electron chi connectivity index (χ1n) is 6.39. The number of hydrogen-bond donors (Lipinski definition) is 2. The summed E-state index contributed by atoms with van der Waals surface area (Å²) in [6, 6.07) is 0. The van der Waals surface area contributed by atoms with Crippen molar-refractivity contribution in [3.05, 3.63) is 16.3 Å². The summed E-state index contributed by atoms with van der Waals surface area (Å²) < 4.78 is 23.4. The van der Waals surface area contributed by atoms with Crippen LogP contribution in [0.1, 0.15) is 34.9 Å². The number of anilines is 1. The van der Waals surface area contributed by atoms with Gasteiger partial charge < -0.3 is 5.43 Å². The van der Waals surface area contributed by atoms with Gasteiger partial charge in [0, 0.05) is 11.1 Å². The first-order chi connectivity index (χ1) is 9.41. The molecule has 1 unspecified atom stereocenters. The summed E-state index contributed by atoms with van der Waals surface area (Å²) >= 11 is 1.62. The minimum absolute atomic E-state index is 0.299. The van der Waals surface area contributed by atoms with Gasteiger partial charge in [-0.1, -0.05) is 0 Å². The Morgan fingerprint density at radius 2 is 2.10 bits per heavy atom. The topological polar surface area (TPSA) is 98.0 Å². The first kappa shape index (κ1) is 13.7. The fraction of sp³-hybridized carbons (Fsp3) is 0.500. The molecule has 0 radical (unpaired) electrons. The minimum atomic E-state index is -3.23. The third kappa shape index (κ3) is 2.07. The van der Waals surface area contributed by atoms with Crippen molar-refractivity contribution in [2.75, 3.05) is 11.7 Å². The van der Waals surface area contributed by atoms with E-state index in [-0.39, 0.29) is 0 Å². The van der Waals surface area contributed by atoms with E-state index in [2.05, 4.69) is 15.4 Å². The number of nitrogens with two attached hydrogens (primary N) is 1. The molecular formula is C12H16N4O2S2. The van der Waals surface area contributed by atoms with Gasteiger partial charge in [0.05, 0.1) is 5.39 Å². The average molecular weight is 312 g/mol. The standard InChI is InChI=1S/C12H16N4O2S2/c1-6(20(2,17)18)10-14-11(16-13)9-7-4-3-5-8(7)19-12(9)15-10/h6H,3-5,13H2,1-2H3,(H,14,15,16). The van der Waals surface area contributed by atoms with Crippen LogP contribution in [0.5, 0.6) is 0 Å². The van der Waals surface area contributed by atoms with Gasteiger partial charge in [0.2, 0.25) is 0 Å². The van der Waals surface area contributed by atoms with Crippen molar-refractivity contribution < 1.29 is 8.42 Å². The van der Waals surface area contributed by atoms with Gasteiger partial charge in [0.15, 0.2) is 15.7 Å². The second-order valence-electron chi connectivity index (χ2n) is 5.08. The molecule has 2 aromatic rings. The molecule has 1 atom stereocenters. The van der Waals surface area contributed by atoms with E-state index in [1.54, 1.807) is 18.3 Å². The van der Waals surface area contributed by atoms with Crippen LogP contribution in [-0.4, -0.2) is 24.6 Å². The summed E-state index contributed by atoms with van der Waals surface area (Å²) in [6.07, 6.45) is 4.39. The molecular weight excluding hydrogens is 296 g/mol. The number of hydrazine groups is 1. The highest BCUT2D eigenvalue weighted by Crippen LogP contribution is 2.40. The largest absolute Gasteiger partial charge is 0.308 e. The molecule has 0 aliphatic heterocycles. The van der Waals surface area contributed by atoms with Crippen molar-refractivity contribution in [3.63, 3.8) is 0 Å². The van der Waals surface area contributed by atoms with Gasteiger partial charge in [0.1, 0.15) is 15.9 Å². The molecule has 20 heavy (non-hydrogen) atoms. The van der Waals surface area contributed by atoms with Crippen LogP contribution in [0.25, 0.3) is 10.2 Å². The van der Waals surface area contributed by atoms with E-state index in [1.165, 1.54) is 16.7 Å². The van der Waals surface area contributed by atoms with Crippen LogP contribution < -0.4 is 11.3 Å². The molecule has 0 saturated heterocycles. The van der Waals surface area contributed by atoms with Crippen molar-refractivity contribution in [2.45, 2.75) is 31.4 Å². The Balaban J connectivity index is 2.24. The molecule has 0 fully saturated rings. The predicted molar refractivity (Wildman–Crippen MR) is 80.5 cm³/mol. The summed E-state index contributed by atoms with van der Waals surface area (Å²) in [7, 11) is -3.23. The average Bonchev–Trinajstić information content (AvgIpc) is 2.95. The van der Waals surface area contributed by atoms with E-state index in [0.29, 0.717) is 11.6 Å². The zero-order valence-corrected chi connectivity index (χ0v) is 12.9. The number of fused-ring (bicyclic) bond motifs is 3. The first-order valence-corrected chi connectivity index (χ1v) is 9.16. The van der Waals surface area contributed by atoms with Crippen LogP contribution in [0.15, 0.2) is 0 Å². The Hall–Kier alpha value is -1.25. The third-order valence-electron chi connectivity index (χ3n) is 3.72. The van der Waals surface area contributed by atoms with Crippen molar-refractivity contribution in [1.82, 2.24) is 9.97 Å². The van der Waals surface area contributed by atoms with Gasteiger partial charge in [-0.25, -0.2) is 24.2 Å². The number of thiophene rings is 1. The maximum absolute atomic E-state index is 11.7. The lowest BCUT2D eigenvalue weighted by atomic mass is 10.2. The van der Waals surface area contributed by atoms with Crippen LogP contribution in [0.3, 0.4) is 0 Å². The molecule has 3 N–H and O–H groups in total. The maximum atomic E-state index is 11.7. The molecule has 0 bridgehead atoms. The van der Waals surface area contributed by atoms with Crippen molar-refractivity contribution in [1.29, 1.82) is 0 Å². The van der Waals surface area contributed by atoms with Crippen LogP contribution in [0.2, 0.25) is 0 Å². The lowest BCUT2D eigenvalue weighted by Crippen LogP contribution is -2.15. The third-order valence-corrected chi connectivity index (χ3v) is 6.41. The summed E-state index contributed by atoms with van der Waals surface area (Å²) in [5, 5.41) is 0.213. The SMILES string of the molecule is CC(c1nc(NN)c2c3c(sc2n1)CCC3)S(C)(=O)=O. The van der Waals surface area contributed by atoms with E-state index in [0.717, 1.165) is 29.5 Å². The van der Waals surface area contributed by atoms with E-state index >= 15 is 0 Å². The number of nitrogens with zero attached hydrogens (tertiary/aromatic N) is 2. The van der Waals surface area contributed by atoms with Crippen molar-refractivity contribution in [2.24, 2.45) is 5.84 Å². The van der Waals surface area contributed by atoms with Crippen LogP contribution in [0.4, 0.5) is 5.82 Å². The number of aryl methyl sites for hydroxylation is 2. The molecule has 0 aromatic carbocycles. The van der Waals surface area contributed by atoms with Gasteiger partial charge in [0.25, 0.3) is 0 Å². The highest BCUT2D eigenvalue weighted by molar-refractivity contribution is 7.90. The molecule has 6 nitrogen and oxygen atoms in total. The molecule has 8 heteroatoms. The molecule has 2 heterocycles. The highest BCUT2D eigenvalue weighted by atomic mass is 32.2. The summed E-state index contributed by atoms with van der Waals surface area (Å²) in [4.78, 5) is 10.9. The fourth-order valence-corrected chi connectivity index (χ4v) is 4.25. The molecule has 0 saturated carbocycles. The number of rotatable bonds is 3. The fourth-order valence-electron chi connectivity index (χ4n) is 2.49. The summed E-state index contributed by atoms with van der Waals surface area (Å²) in [6.45, 7) is 1.60. The smallest absolute Gasteiger partial charge is 0.157 e. The number of nitrogen functional groups attached to an aromatic ring is 1. The second-order valence-corrected chi connectivity index (χ2v) is 8.53. The monoisotopic (exact) mass is 312 g/mol. The van der Waals surface area contributed by atoms with E-state index < -0.39 is 15.1 Å². The summed E-state index contributed by atoms with van der Waals surface area (Å²) in [5.41, 5.74) is 3.85. The van der Waals surface area contributed by atoms with Gasteiger partial charge in [-0.3, -0.25) is 0 Å². The lowest BCUT2D eigenvalue weighted by Gasteiger charge is -2.10. The van der Waals surface area contributed by atoms with Crippen molar-refractivity contribution in [3.8, 4) is 0 Å². The molecule has 0 spiro atoms. The van der Waals surface area contributed by atoms with E-state index in [1.807, 2.05) is 0 Å². The Kier molecular flexibility index (Phi) is 3.19. The Morgan fingerprint density at radius 3 is 2.75 bits per heavy atom. The number of hydrogen-bond acceptors (Lipinski definition) is 7. The molecule has 0 amide bonds. The number of aromatic nitrogens is 2. The number of nitrogens with one attached hydrogen (secondary N) is 1. The predicted octanol–water partition coefficient (Wildman–Crippen LogP) is 1.57.